The highest BCUT2D eigenvalue weighted by Gasteiger charge is 2.11. The smallest absolute Gasteiger partial charge is 0.124 e. The van der Waals surface area contributed by atoms with Crippen LogP contribution in [0.25, 0.3) is 0 Å². The summed E-state index contributed by atoms with van der Waals surface area (Å²) in [6, 6.07) is 8.09. The van der Waals surface area contributed by atoms with Crippen LogP contribution in [0.3, 0.4) is 0 Å². The number of nitrogens with two attached hydrogens (primary N) is 1. The molecule has 1 atom stereocenters. The van der Waals surface area contributed by atoms with E-state index in [2.05, 4.69) is 25.1 Å². The summed E-state index contributed by atoms with van der Waals surface area (Å²) >= 11 is 1.89. The third-order valence-corrected chi connectivity index (χ3v) is 3.66. The molecule has 0 saturated carbocycles. The van der Waals surface area contributed by atoms with Crippen molar-refractivity contribution in [2.75, 3.05) is 38.8 Å². The van der Waals surface area contributed by atoms with Gasteiger partial charge in [0.2, 0.25) is 0 Å². The minimum absolute atomic E-state index is 0.0416. The molecule has 0 bridgehead atoms. The highest BCUT2D eigenvalue weighted by Crippen LogP contribution is 2.25. The lowest BCUT2D eigenvalue weighted by Gasteiger charge is -2.16. The molecule has 4 heteroatoms. The van der Waals surface area contributed by atoms with Gasteiger partial charge in [-0.3, -0.25) is 0 Å². The van der Waals surface area contributed by atoms with Gasteiger partial charge < -0.3 is 15.4 Å². The van der Waals surface area contributed by atoms with Crippen molar-refractivity contribution in [3.8, 4) is 5.75 Å². The molecule has 1 aromatic carbocycles. The van der Waals surface area contributed by atoms with E-state index in [0.29, 0.717) is 6.61 Å². The second-order valence-electron chi connectivity index (χ2n) is 4.46. The molecule has 0 aromatic heterocycles. The van der Waals surface area contributed by atoms with E-state index < -0.39 is 0 Å². The molecule has 0 aliphatic rings. The van der Waals surface area contributed by atoms with Gasteiger partial charge in [0, 0.05) is 29.7 Å². The van der Waals surface area contributed by atoms with E-state index in [1.54, 1.807) is 0 Å². The highest BCUT2D eigenvalue weighted by molar-refractivity contribution is 7.99. The first-order valence-corrected chi connectivity index (χ1v) is 7.50. The van der Waals surface area contributed by atoms with Gasteiger partial charge in [-0.1, -0.05) is 18.2 Å². The lowest BCUT2D eigenvalue weighted by atomic mass is 10.1. The lowest BCUT2D eigenvalue weighted by molar-refractivity contribution is 0.335. The number of benzene rings is 1. The van der Waals surface area contributed by atoms with Crippen molar-refractivity contribution in [1.82, 2.24) is 4.90 Å². The molecule has 0 aliphatic heterocycles. The second-order valence-corrected chi connectivity index (χ2v) is 5.61. The summed E-state index contributed by atoms with van der Waals surface area (Å²) in [4.78, 5) is 2.19. The zero-order chi connectivity index (χ0) is 13.4. The largest absolute Gasteiger partial charge is 0.494 e. The normalized spacial score (nSPS) is 12.7. The van der Waals surface area contributed by atoms with Crippen molar-refractivity contribution < 1.29 is 4.74 Å². The Morgan fingerprint density at radius 3 is 2.72 bits per heavy atom. The first-order chi connectivity index (χ1) is 8.65. The van der Waals surface area contributed by atoms with Crippen LogP contribution < -0.4 is 10.5 Å². The molecule has 1 aromatic rings. The molecular weight excluding hydrogens is 244 g/mol. The molecule has 0 spiro atoms. The second kappa shape index (κ2) is 8.40. The fourth-order valence-corrected chi connectivity index (χ4v) is 2.72. The lowest BCUT2D eigenvalue weighted by Crippen LogP contribution is -2.18. The summed E-state index contributed by atoms with van der Waals surface area (Å²) < 4.78 is 5.61. The van der Waals surface area contributed by atoms with Crippen molar-refractivity contribution >= 4 is 11.8 Å². The molecule has 0 saturated heterocycles. The summed E-state index contributed by atoms with van der Waals surface area (Å²) in [7, 11) is 4.18. The number of rotatable bonds is 8. The molecule has 0 aliphatic carbocycles. The van der Waals surface area contributed by atoms with Crippen molar-refractivity contribution in [3.63, 3.8) is 0 Å². The molecular formula is C14H24N2OS. The monoisotopic (exact) mass is 268 g/mol. The molecule has 3 nitrogen and oxygen atoms in total. The summed E-state index contributed by atoms with van der Waals surface area (Å²) in [6.07, 6.45) is 0. The number of hydrogen-bond acceptors (Lipinski definition) is 4. The SMILES string of the molecule is CCOc1ccccc1C(N)CSCCN(C)C. The quantitative estimate of drug-likeness (QED) is 0.735. The Morgan fingerprint density at radius 2 is 2.06 bits per heavy atom. The molecule has 0 radical (unpaired) electrons. The number of ether oxygens (including phenoxy) is 1. The van der Waals surface area contributed by atoms with Gasteiger partial charge in [-0.2, -0.15) is 11.8 Å². The fourth-order valence-electron chi connectivity index (χ4n) is 1.62. The van der Waals surface area contributed by atoms with E-state index in [0.717, 1.165) is 29.4 Å². The number of nitrogens with zero attached hydrogens (tertiary/aromatic N) is 1. The Morgan fingerprint density at radius 1 is 1.33 bits per heavy atom. The van der Waals surface area contributed by atoms with Gasteiger partial charge in [-0.25, -0.2) is 0 Å². The van der Waals surface area contributed by atoms with Gasteiger partial charge in [0.15, 0.2) is 0 Å². The molecule has 18 heavy (non-hydrogen) atoms. The minimum atomic E-state index is 0.0416. The topological polar surface area (TPSA) is 38.5 Å². The van der Waals surface area contributed by atoms with Gasteiger partial charge in [0.25, 0.3) is 0 Å². The average Bonchev–Trinajstić information content (AvgIpc) is 2.35. The Kier molecular flexibility index (Phi) is 7.16. The summed E-state index contributed by atoms with van der Waals surface area (Å²) in [5.74, 6) is 2.95. The maximum absolute atomic E-state index is 6.23. The number of hydrogen-bond donors (Lipinski definition) is 1. The van der Waals surface area contributed by atoms with Crippen LogP contribution in [0, 0.1) is 0 Å². The Labute approximate surface area is 115 Å². The maximum atomic E-state index is 6.23. The van der Waals surface area contributed by atoms with Crippen LogP contribution in [0.1, 0.15) is 18.5 Å². The van der Waals surface area contributed by atoms with Gasteiger partial charge >= 0.3 is 0 Å². The Hall–Kier alpha value is -0.710. The Bertz CT molecular complexity index is 344. The first kappa shape index (κ1) is 15.3. The van der Waals surface area contributed by atoms with Crippen LogP contribution in [0.4, 0.5) is 0 Å². The Balaban J connectivity index is 2.47. The molecule has 0 heterocycles. The zero-order valence-corrected chi connectivity index (χ0v) is 12.4. The van der Waals surface area contributed by atoms with Crippen molar-refractivity contribution in [2.45, 2.75) is 13.0 Å². The molecule has 0 fully saturated rings. The van der Waals surface area contributed by atoms with E-state index in [-0.39, 0.29) is 6.04 Å². The molecule has 2 N–H and O–H groups in total. The molecule has 0 amide bonds. The van der Waals surface area contributed by atoms with Crippen molar-refractivity contribution in [1.29, 1.82) is 0 Å². The third kappa shape index (κ3) is 5.29. The minimum Gasteiger partial charge on any atom is -0.494 e. The van der Waals surface area contributed by atoms with Crippen LogP contribution >= 0.6 is 11.8 Å². The summed E-state index contributed by atoms with van der Waals surface area (Å²) in [5, 5.41) is 0. The van der Waals surface area contributed by atoms with Crippen LogP contribution in [0.2, 0.25) is 0 Å². The number of para-hydroxylation sites is 1. The molecule has 102 valence electrons. The molecule has 1 unspecified atom stereocenters. The zero-order valence-electron chi connectivity index (χ0n) is 11.6. The first-order valence-electron chi connectivity index (χ1n) is 6.35. The van der Waals surface area contributed by atoms with Crippen LogP contribution in [0.15, 0.2) is 24.3 Å². The van der Waals surface area contributed by atoms with Gasteiger partial charge in [0.1, 0.15) is 5.75 Å². The standard InChI is InChI=1S/C14H24N2OS/c1-4-17-14-8-6-5-7-12(14)13(15)11-18-10-9-16(2)3/h5-8,13H,4,9-11,15H2,1-3H3. The van der Waals surface area contributed by atoms with Crippen LogP contribution in [-0.4, -0.2) is 43.7 Å². The predicted octanol–water partition coefficient (Wildman–Crippen LogP) is 2.38. The van der Waals surface area contributed by atoms with Gasteiger partial charge in [0.05, 0.1) is 6.61 Å². The van der Waals surface area contributed by atoms with E-state index in [1.165, 1.54) is 0 Å². The predicted molar refractivity (Wildman–Crippen MR) is 80.4 cm³/mol. The van der Waals surface area contributed by atoms with Gasteiger partial charge in [-0.05, 0) is 27.1 Å². The number of thioether (sulfide) groups is 1. The van der Waals surface area contributed by atoms with Gasteiger partial charge in [-0.15, -0.1) is 0 Å². The average molecular weight is 268 g/mol. The van der Waals surface area contributed by atoms with Crippen LogP contribution in [-0.2, 0) is 0 Å². The van der Waals surface area contributed by atoms with E-state index in [1.807, 2.05) is 36.9 Å². The van der Waals surface area contributed by atoms with E-state index >= 15 is 0 Å². The third-order valence-electron chi connectivity index (χ3n) is 2.60. The van der Waals surface area contributed by atoms with E-state index in [4.69, 9.17) is 10.5 Å². The van der Waals surface area contributed by atoms with E-state index in [9.17, 15) is 0 Å². The maximum Gasteiger partial charge on any atom is 0.124 e. The molecule has 1 rings (SSSR count). The highest BCUT2D eigenvalue weighted by atomic mass is 32.2. The van der Waals surface area contributed by atoms with Crippen LogP contribution in [0.5, 0.6) is 5.75 Å². The fraction of sp³-hybridized carbons (Fsp3) is 0.571. The van der Waals surface area contributed by atoms with Crippen molar-refractivity contribution in [3.05, 3.63) is 29.8 Å². The summed E-state index contributed by atoms with van der Waals surface area (Å²) in [6.45, 7) is 3.76. The van der Waals surface area contributed by atoms with Crippen molar-refractivity contribution in [2.24, 2.45) is 5.73 Å². The summed E-state index contributed by atoms with van der Waals surface area (Å²) in [5.41, 5.74) is 7.34.